The Labute approximate surface area is 210 Å². The van der Waals surface area contributed by atoms with E-state index in [-0.39, 0.29) is 33.5 Å². The molecule has 1 saturated heterocycles. The Morgan fingerprint density at radius 1 is 1.09 bits per heavy atom. The van der Waals surface area contributed by atoms with E-state index < -0.39 is 22.9 Å². The molecule has 0 saturated carbocycles. The van der Waals surface area contributed by atoms with Gasteiger partial charge in [-0.2, -0.15) is 0 Å². The summed E-state index contributed by atoms with van der Waals surface area (Å²) < 4.78 is 24.9. The molecular formula is C26H19ClFNO5S. The number of esters is 1. The van der Waals surface area contributed by atoms with E-state index in [4.69, 9.17) is 21.1 Å². The number of halogens is 2. The normalized spacial score (nSPS) is 14.5. The highest BCUT2D eigenvalue weighted by molar-refractivity contribution is 8.18. The minimum Gasteiger partial charge on any atom is -0.493 e. The number of carbonyl (C=O) groups excluding carboxylic acids is 3. The molecule has 178 valence electrons. The third-order valence-corrected chi connectivity index (χ3v) is 6.49. The minimum absolute atomic E-state index is 0.0686. The molecule has 0 spiro atoms. The first-order chi connectivity index (χ1) is 16.8. The van der Waals surface area contributed by atoms with Crippen LogP contribution < -0.4 is 9.47 Å². The first kappa shape index (κ1) is 24.5. The van der Waals surface area contributed by atoms with E-state index in [2.05, 4.69) is 0 Å². The van der Waals surface area contributed by atoms with Gasteiger partial charge in [-0.3, -0.25) is 14.5 Å². The summed E-state index contributed by atoms with van der Waals surface area (Å²) in [5.74, 6) is -1.22. The second-order valence-corrected chi connectivity index (χ2v) is 9.03. The lowest BCUT2D eigenvalue weighted by atomic mass is 10.1. The maximum Gasteiger partial charge on any atom is 0.343 e. The number of thioether (sulfide) groups is 1. The summed E-state index contributed by atoms with van der Waals surface area (Å²) in [6.45, 7) is 1.64. The zero-order valence-electron chi connectivity index (χ0n) is 18.7. The number of carbonyl (C=O) groups is 3. The van der Waals surface area contributed by atoms with Gasteiger partial charge in [-0.15, -0.1) is 0 Å². The van der Waals surface area contributed by atoms with Crippen molar-refractivity contribution in [2.24, 2.45) is 0 Å². The average molecular weight is 512 g/mol. The second-order valence-electron chi connectivity index (χ2n) is 7.63. The van der Waals surface area contributed by atoms with E-state index in [0.29, 0.717) is 11.1 Å². The van der Waals surface area contributed by atoms with Gasteiger partial charge in [-0.05, 0) is 66.7 Å². The van der Waals surface area contributed by atoms with Gasteiger partial charge in [0.15, 0.2) is 11.5 Å². The zero-order valence-corrected chi connectivity index (χ0v) is 20.3. The lowest BCUT2D eigenvalue weighted by molar-refractivity contribution is -0.123. The predicted molar refractivity (Wildman–Crippen MR) is 132 cm³/mol. The number of imide groups is 1. The number of amides is 2. The number of ether oxygens (including phenoxy) is 2. The molecule has 1 fully saturated rings. The van der Waals surface area contributed by atoms with E-state index in [1.165, 1.54) is 31.4 Å². The van der Waals surface area contributed by atoms with E-state index in [1.54, 1.807) is 30.3 Å². The molecular weight excluding hydrogens is 493 g/mol. The van der Waals surface area contributed by atoms with Crippen LogP contribution in [0.15, 0.2) is 65.6 Å². The van der Waals surface area contributed by atoms with Gasteiger partial charge in [0.05, 0.1) is 24.1 Å². The molecule has 3 aromatic rings. The molecule has 0 aromatic heterocycles. The third kappa shape index (κ3) is 5.39. The van der Waals surface area contributed by atoms with Crippen LogP contribution in [0.25, 0.3) is 6.08 Å². The van der Waals surface area contributed by atoms with Crippen molar-refractivity contribution >= 4 is 46.6 Å². The molecule has 0 atom stereocenters. The van der Waals surface area contributed by atoms with Crippen molar-refractivity contribution in [3.8, 4) is 11.5 Å². The van der Waals surface area contributed by atoms with Crippen molar-refractivity contribution in [3.63, 3.8) is 0 Å². The zero-order chi connectivity index (χ0) is 25.1. The highest BCUT2D eigenvalue weighted by Gasteiger charge is 2.36. The van der Waals surface area contributed by atoms with Crippen LogP contribution in [0.5, 0.6) is 11.5 Å². The van der Waals surface area contributed by atoms with E-state index in [9.17, 15) is 18.8 Å². The van der Waals surface area contributed by atoms with Crippen molar-refractivity contribution in [3.05, 3.63) is 98.7 Å². The van der Waals surface area contributed by atoms with Crippen molar-refractivity contribution in [2.75, 3.05) is 7.11 Å². The van der Waals surface area contributed by atoms with Gasteiger partial charge in [-0.1, -0.05) is 41.4 Å². The maximum absolute atomic E-state index is 14.1. The van der Waals surface area contributed by atoms with Crippen molar-refractivity contribution in [2.45, 2.75) is 13.5 Å². The van der Waals surface area contributed by atoms with E-state index in [1.807, 2.05) is 19.1 Å². The molecule has 0 radical (unpaired) electrons. The predicted octanol–water partition coefficient (Wildman–Crippen LogP) is 6.25. The highest BCUT2D eigenvalue weighted by atomic mass is 35.5. The van der Waals surface area contributed by atoms with E-state index >= 15 is 0 Å². The molecule has 6 nitrogen and oxygen atoms in total. The SMILES string of the molecule is COc1cc(/C=C2\SC(=O)N(Cc3c(F)cccc3Cl)C2=O)ccc1OC(=O)c1ccc(C)cc1. The van der Waals surface area contributed by atoms with Crippen LogP contribution in [0.3, 0.4) is 0 Å². The summed E-state index contributed by atoms with van der Waals surface area (Å²) in [5, 5.41) is -0.398. The molecule has 0 N–H and O–H groups in total. The molecule has 2 amide bonds. The third-order valence-electron chi connectivity index (χ3n) is 5.23. The number of aryl methyl sites for hydroxylation is 1. The number of methoxy groups -OCH3 is 1. The Hall–Kier alpha value is -3.62. The van der Waals surface area contributed by atoms with Crippen LogP contribution in [0.1, 0.15) is 27.0 Å². The molecule has 1 heterocycles. The molecule has 0 aliphatic carbocycles. The van der Waals surface area contributed by atoms with Gasteiger partial charge in [0.25, 0.3) is 11.1 Å². The standard InChI is InChI=1S/C26H19ClFNO5S/c1-15-6-9-17(10-7-15)25(31)34-21-11-8-16(12-22(21)33-2)13-23-24(30)29(26(32)35-23)14-18-19(27)4-3-5-20(18)28/h3-13H,14H2,1-2H3/b23-13-. The Balaban J connectivity index is 1.53. The van der Waals surface area contributed by atoms with Crippen LogP contribution in [0.4, 0.5) is 9.18 Å². The Kier molecular flexibility index (Phi) is 7.23. The lowest BCUT2D eigenvalue weighted by Crippen LogP contribution is -2.28. The molecule has 3 aromatic carbocycles. The summed E-state index contributed by atoms with van der Waals surface area (Å²) in [7, 11) is 1.42. The van der Waals surface area contributed by atoms with Gasteiger partial charge >= 0.3 is 5.97 Å². The fraction of sp³-hybridized carbons (Fsp3) is 0.115. The summed E-state index contributed by atoms with van der Waals surface area (Å²) in [6.07, 6.45) is 1.52. The van der Waals surface area contributed by atoms with Crippen LogP contribution >= 0.6 is 23.4 Å². The first-order valence-corrected chi connectivity index (χ1v) is 11.6. The summed E-state index contributed by atoms with van der Waals surface area (Å²) in [5.41, 5.74) is 2.03. The van der Waals surface area contributed by atoms with Crippen LogP contribution in [-0.2, 0) is 11.3 Å². The molecule has 35 heavy (non-hydrogen) atoms. The van der Waals surface area contributed by atoms with Gasteiger partial charge in [0, 0.05) is 10.6 Å². The molecule has 4 rings (SSSR count). The molecule has 1 aliphatic rings. The number of nitrogens with zero attached hydrogens (tertiary/aromatic N) is 1. The summed E-state index contributed by atoms with van der Waals surface area (Å²) in [6, 6.07) is 15.9. The Morgan fingerprint density at radius 3 is 2.51 bits per heavy atom. The van der Waals surface area contributed by atoms with Crippen molar-refractivity contribution < 1.29 is 28.2 Å². The fourth-order valence-electron chi connectivity index (χ4n) is 3.34. The van der Waals surface area contributed by atoms with Gasteiger partial charge in [0.1, 0.15) is 5.82 Å². The molecule has 0 bridgehead atoms. The quantitative estimate of drug-likeness (QED) is 0.221. The number of hydrogen-bond donors (Lipinski definition) is 0. The van der Waals surface area contributed by atoms with Crippen LogP contribution in [-0.4, -0.2) is 29.1 Å². The van der Waals surface area contributed by atoms with Crippen LogP contribution in [0.2, 0.25) is 5.02 Å². The van der Waals surface area contributed by atoms with E-state index in [0.717, 1.165) is 22.2 Å². The number of benzene rings is 3. The average Bonchev–Trinajstić information content (AvgIpc) is 3.09. The van der Waals surface area contributed by atoms with Crippen molar-refractivity contribution in [1.82, 2.24) is 4.90 Å². The van der Waals surface area contributed by atoms with Crippen molar-refractivity contribution in [1.29, 1.82) is 0 Å². The van der Waals surface area contributed by atoms with Crippen LogP contribution in [0, 0.1) is 12.7 Å². The Morgan fingerprint density at radius 2 is 1.83 bits per heavy atom. The summed E-state index contributed by atoms with van der Waals surface area (Å²) >= 11 is 6.78. The topological polar surface area (TPSA) is 72.9 Å². The summed E-state index contributed by atoms with van der Waals surface area (Å²) in [4.78, 5) is 38.8. The fourth-order valence-corrected chi connectivity index (χ4v) is 4.40. The second kappa shape index (κ2) is 10.3. The molecule has 1 aliphatic heterocycles. The number of hydrogen-bond acceptors (Lipinski definition) is 6. The number of rotatable bonds is 6. The van der Waals surface area contributed by atoms with Gasteiger partial charge in [-0.25, -0.2) is 9.18 Å². The first-order valence-electron chi connectivity index (χ1n) is 10.4. The van der Waals surface area contributed by atoms with Gasteiger partial charge in [0.2, 0.25) is 0 Å². The minimum atomic E-state index is -0.596. The monoisotopic (exact) mass is 511 g/mol. The smallest absolute Gasteiger partial charge is 0.343 e. The largest absolute Gasteiger partial charge is 0.493 e. The molecule has 0 unspecified atom stereocenters. The Bertz CT molecular complexity index is 1340. The highest BCUT2D eigenvalue weighted by Crippen LogP contribution is 2.36. The van der Waals surface area contributed by atoms with Gasteiger partial charge < -0.3 is 9.47 Å². The molecule has 9 heteroatoms. The maximum atomic E-state index is 14.1. The lowest BCUT2D eigenvalue weighted by Gasteiger charge is -2.14.